The van der Waals surface area contributed by atoms with Gasteiger partial charge in [0, 0.05) is 0 Å². The molecule has 0 unspecified atom stereocenters. The Labute approximate surface area is 172 Å². The van der Waals surface area contributed by atoms with Crippen LogP contribution in [-0.2, 0) is 0 Å². The van der Waals surface area contributed by atoms with Gasteiger partial charge in [-0.15, -0.1) is 0 Å². The van der Waals surface area contributed by atoms with E-state index in [-0.39, 0.29) is 0 Å². The average molecular weight is 370 g/mol. The minimum absolute atomic E-state index is 1.24. The van der Waals surface area contributed by atoms with Gasteiger partial charge in [-0.05, 0) is 63.2 Å². The van der Waals surface area contributed by atoms with E-state index in [4.69, 9.17) is 0 Å². The third-order valence-electron chi connectivity index (χ3n) is 5.51. The molecule has 0 spiro atoms. The molecule has 0 atom stereocenters. The summed E-state index contributed by atoms with van der Waals surface area (Å²) in [4.78, 5) is 0. The summed E-state index contributed by atoms with van der Waals surface area (Å²) in [6, 6.07) is 41.5. The van der Waals surface area contributed by atoms with Crippen LogP contribution in [0.25, 0.3) is 44.2 Å². The molecule has 0 aromatic heterocycles. The maximum Gasteiger partial charge on any atom is -0.0105 e. The molecule has 0 saturated heterocycles. The molecule has 0 radical (unpaired) electrons. The highest BCUT2D eigenvalue weighted by Crippen LogP contribution is 2.33. The Hall–Kier alpha value is -3.64. The molecule has 0 heterocycles. The first-order valence-electron chi connectivity index (χ1n) is 10.0. The van der Waals surface area contributed by atoms with Gasteiger partial charge in [0.15, 0.2) is 0 Å². The van der Waals surface area contributed by atoms with Crippen molar-refractivity contribution in [1.82, 2.24) is 0 Å². The first-order chi connectivity index (χ1) is 14.3. The molecular formula is C29H22. The highest BCUT2D eigenvalue weighted by atomic mass is 14.1. The lowest BCUT2D eigenvalue weighted by atomic mass is 9.94. The van der Waals surface area contributed by atoms with Crippen LogP contribution >= 0.6 is 0 Å². The third kappa shape index (κ3) is 3.46. The van der Waals surface area contributed by atoms with E-state index in [9.17, 15) is 0 Å². The van der Waals surface area contributed by atoms with Gasteiger partial charge in [0.05, 0.1) is 0 Å². The second-order valence-corrected chi connectivity index (χ2v) is 7.56. The average Bonchev–Trinajstić information content (AvgIpc) is 2.79. The van der Waals surface area contributed by atoms with Crippen molar-refractivity contribution in [1.29, 1.82) is 0 Å². The second kappa shape index (κ2) is 7.41. The molecule has 0 saturated carbocycles. The van der Waals surface area contributed by atoms with Crippen molar-refractivity contribution in [2.24, 2.45) is 0 Å². The van der Waals surface area contributed by atoms with Crippen molar-refractivity contribution in [3.63, 3.8) is 0 Å². The molecule has 29 heavy (non-hydrogen) atoms. The Kier molecular flexibility index (Phi) is 4.46. The van der Waals surface area contributed by atoms with Crippen molar-refractivity contribution in [2.75, 3.05) is 0 Å². The molecule has 0 nitrogen and oxygen atoms in total. The van der Waals surface area contributed by atoms with Gasteiger partial charge in [-0.3, -0.25) is 0 Å². The van der Waals surface area contributed by atoms with Crippen LogP contribution in [0.15, 0.2) is 115 Å². The zero-order chi connectivity index (χ0) is 19.6. The normalized spacial score (nSPS) is 10.9. The van der Waals surface area contributed by atoms with E-state index in [0.717, 1.165) is 0 Å². The predicted octanol–water partition coefficient (Wildman–Crippen LogP) is 8.15. The van der Waals surface area contributed by atoms with Crippen LogP contribution in [0.4, 0.5) is 0 Å². The summed E-state index contributed by atoms with van der Waals surface area (Å²) in [5.41, 5.74) is 8.81. The van der Waals surface area contributed by atoms with Gasteiger partial charge in [0.1, 0.15) is 0 Å². The smallest absolute Gasteiger partial charge is 0.0105 e. The first kappa shape index (κ1) is 17.5. The minimum atomic E-state index is 1.24. The van der Waals surface area contributed by atoms with Gasteiger partial charge >= 0.3 is 0 Å². The maximum atomic E-state index is 2.30. The van der Waals surface area contributed by atoms with Crippen LogP contribution in [0.1, 0.15) is 5.56 Å². The summed E-state index contributed by atoms with van der Waals surface area (Å²) in [5.74, 6) is 0. The van der Waals surface area contributed by atoms with Crippen molar-refractivity contribution in [3.8, 4) is 33.4 Å². The summed E-state index contributed by atoms with van der Waals surface area (Å²) in [6.45, 7) is 2.14. The van der Waals surface area contributed by atoms with E-state index in [1.165, 1.54) is 49.7 Å². The molecule has 5 aromatic rings. The summed E-state index contributed by atoms with van der Waals surface area (Å²) in [5, 5.41) is 2.57. The molecule has 0 N–H and O–H groups in total. The predicted molar refractivity (Wildman–Crippen MR) is 125 cm³/mol. The fourth-order valence-corrected chi connectivity index (χ4v) is 4.05. The lowest BCUT2D eigenvalue weighted by Gasteiger charge is -2.10. The summed E-state index contributed by atoms with van der Waals surface area (Å²) in [7, 11) is 0. The monoisotopic (exact) mass is 370 g/mol. The Bertz CT molecular complexity index is 1310. The first-order valence-corrected chi connectivity index (χ1v) is 10.0. The van der Waals surface area contributed by atoms with E-state index in [2.05, 4.69) is 122 Å². The number of hydrogen-bond donors (Lipinski definition) is 0. The SMILES string of the molecule is Cc1cccc(-c2cccc(-c3cccc(-c4cccc5ccccc45)c3)c2)c1. The number of aryl methyl sites for hydroxylation is 1. The zero-order valence-corrected chi connectivity index (χ0v) is 16.5. The number of fused-ring (bicyclic) bond motifs is 1. The van der Waals surface area contributed by atoms with Crippen LogP contribution in [-0.4, -0.2) is 0 Å². The van der Waals surface area contributed by atoms with Crippen molar-refractivity contribution >= 4 is 10.8 Å². The van der Waals surface area contributed by atoms with Crippen LogP contribution in [0.3, 0.4) is 0 Å². The maximum absolute atomic E-state index is 2.30. The van der Waals surface area contributed by atoms with E-state index >= 15 is 0 Å². The molecular weight excluding hydrogens is 348 g/mol. The molecule has 0 aliphatic carbocycles. The minimum Gasteiger partial charge on any atom is -0.0616 e. The summed E-state index contributed by atoms with van der Waals surface area (Å²) < 4.78 is 0. The summed E-state index contributed by atoms with van der Waals surface area (Å²) >= 11 is 0. The van der Waals surface area contributed by atoms with E-state index in [1.807, 2.05) is 0 Å². The van der Waals surface area contributed by atoms with Crippen LogP contribution in [0.2, 0.25) is 0 Å². The molecule has 0 aliphatic rings. The van der Waals surface area contributed by atoms with Gasteiger partial charge in [-0.1, -0.05) is 109 Å². The quantitative estimate of drug-likeness (QED) is 0.300. The van der Waals surface area contributed by atoms with Gasteiger partial charge in [0.25, 0.3) is 0 Å². The summed E-state index contributed by atoms with van der Waals surface area (Å²) in [6.07, 6.45) is 0. The Morgan fingerprint density at radius 3 is 1.66 bits per heavy atom. The topological polar surface area (TPSA) is 0 Å². The van der Waals surface area contributed by atoms with Gasteiger partial charge in [-0.2, -0.15) is 0 Å². The van der Waals surface area contributed by atoms with Gasteiger partial charge in [-0.25, -0.2) is 0 Å². The highest BCUT2D eigenvalue weighted by Gasteiger charge is 2.06. The Morgan fingerprint density at radius 2 is 0.931 bits per heavy atom. The van der Waals surface area contributed by atoms with Crippen LogP contribution in [0, 0.1) is 6.92 Å². The lowest BCUT2D eigenvalue weighted by Crippen LogP contribution is -1.85. The highest BCUT2D eigenvalue weighted by molar-refractivity contribution is 5.97. The second-order valence-electron chi connectivity index (χ2n) is 7.56. The van der Waals surface area contributed by atoms with Crippen molar-refractivity contribution in [2.45, 2.75) is 6.92 Å². The molecule has 0 fully saturated rings. The molecule has 0 bridgehead atoms. The molecule has 5 rings (SSSR count). The molecule has 5 aromatic carbocycles. The molecule has 138 valence electrons. The number of hydrogen-bond acceptors (Lipinski definition) is 0. The van der Waals surface area contributed by atoms with Gasteiger partial charge < -0.3 is 0 Å². The van der Waals surface area contributed by atoms with Gasteiger partial charge in [0.2, 0.25) is 0 Å². The van der Waals surface area contributed by atoms with E-state index < -0.39 is 0 Å². The van der Waals surface area contributed by atoms with Crippen molar-refractivity contribution in [3.05, 3.63) is 121 Å². The van der Waals surface area contributed by atoms with E-state index in [1.54, 1.807) is 0 Å². The van der Waals surface area contributed by atoms with Crippen molar-refractivity contribution < 1.29 is 0 Å². The fourth-order valence-electron chi connectivity index (χ4n) is 4.05. The molecule has 0 aliphatic heterocycles. The van der Waals surface area contributed by atoms with Crippen LogP contribution in [0.5, 0.6) is 0 Å². The molecule has 0 amide bonds. The largest absolute Gasteiger partial charge is 0.0616 e. The third-order valence-corrected chi connectivity index (χ3v) is 5.51. The lowest BCUT2D eigenvalue weighted by molar-refractivity contribution is 1.47. The van der Waals surface area contributed by atoms with E-state index in [0.29, 0.717) is 0 Å². The van der Waals surface area contributed by atoms with Crippen LogP contribution < -0.4 is 0 Å². The number of rotatable bonds is 3. The zero-order valence-electron chi connectivity index (χ0n) is 16.5. The fraction of sp³-hybridized carbons (Fsp3) is 0.0345. The number of benzene rings is 5. The Morgan fingerprint density at radius 1 is 0.414 bits per heavy atom. The Balaban J connectivity index is 1.59. The molecule has 0 heteroatoms. The standard InChI is InChI=1S/C29H22/c1-21-8-4-11-23(18-21)24-12-5-13-25(19-24)26-14-6-15-27(20-26)29-17-7-10-22-9-2-3-16-28(22)29/h2-20H,1H3.